The Balaban J connectivity index is 2.82. The molecular weight excluding hydrogens is 358 g/mol. The molecule has 1 heterocycles. The molecule has 0 aliphatic rings. The summed E-state index contributed by atoms with van der Waals surface area (Å²) in [6.45, 7) is 1.90. The van der Waals surface area contributed by atoms with Crippen LogP contribution in [0.3, 0.4) is 0 Å². The van der Waals surface area contributed by atoms with Crippen molar-refractivity contribution in [3.8, 4) is 11.8 Å². The highest BCUT2D eigenvalue weighted by atomic mass is 79.9. The molecule has 0 unspecified atom stereocenters. The van der Waals surface area contributed by atoms with Gasteiger partial charge in [0.05, 0.1) is 29.1 Å². The summed E-state index contributed by atoms with van der Waals surface area (Å²) in [6.07, 6.45) is 1.46. The molecule has 0 spiro atoms. The van der Waals surface area contributed by atoms with Gasteiger partial charge in [-0.15, -0.1) is 0 Å². The van der Waals surface area contributed by atoms with Crippen molar-refractivity contribution in [3.05, 3.63) is 44.6 Å². The summed E-state index contributed by atoms with van der Waals surface area (Å²) in [5.41, 5.74) is 7.65. The van der Waals surface area contributed by atoms with Gasteiger partial charge in [-0.25, -0.2) is 4.79 Å². The van der Waals surface area contributed by atoms with Crippen LogP contribution in [0.25, 0.3) is 5.69 Å². The molecule has 2 N–H and O–H groups in total. The number of hydrogen-bond donors (Lipinski definition) is 1. The minimum Gasteiger partial charge on any atom is -0.464 e. The SMILES string of the molecule is COC(=O)c1c(N)c(C#N)cn1-c1c(Cl)cc(C)cc1Br. The van der Waals surface area contributed by atoms with E-state index < -0.39 is 5.97 Å². The lowest BCUT2D eigenvalue weighted by Gasteiger charge is -2.13. The lowest BCUT2D eigenvalue weighted by atomic mass is 10.2. The van der Waals surface area contributed by atoms with Crippen LogP contribution in [0.15, 0.2) is 22.8 Å². The second-order valence-corrected chi connectivity index (χ2v) is 5.62. The second kappa shape index (κ2) is 5.80. The normalized spacial score (nSPS) is 10.2. The summed E-state index contributed by atoms with van der Waals surface area (Å²) in [4.78, 5) is 12.0. The van der Waals surface area contributed by atoms with Gasteiger partial charge in [-0.2, -0.15) is 5.26 Å². The van der Waals surface area contributed by atoms with Crippen LogP contribution in [-0.4, -0.2) is 17.6 Å². The molecule has 0 saturated heterocycles. The van der Waals surface area contributed by atoms with Gasteiger partial charge in [0.15, 0.2) is 5.69 Å². The Morgan fingerprint density at radius 1 is 1.52 bits per heavy atom. The third-order valence-electron chi connectivity index (χ3n) is 2.95. The number of carbonyl (C=O) groups excluding carboxylic acids is 1. The highest BCUT2D eigenvalue weighted by Crippen LogP contribution is 2.34. The molecule has 0 atom stereocenters. The van der Waals surface area contributed by atoms with E-state index in [1.165, 1.54) is 17.9 Å². The average Bonchev–Trinajstić information content (AvgIpc) is 2.73. The number of carbonyl (C=O) groups is 1. The standard InChI is InChI=1S/C14H11BrClN3O2/c1-7-3-9(15)12(10(16)4-7)19-6-8(5-17)11(18)13(19)14(20)21-2/h3-4,6H,18H2,1-2H3. The number of esters is 1. The first-order valence-corrected chi connectivity index (χ1v) is 7.03. The van der Waals surface area contributed by atoms with Crippen LogP contribution in [0, 0.1) is 18.3 Å². The number of ether oxygens (including phenoxy) is 1. The number of hydrogen-bond acceptors (Lipinski definition) is 4. The van der Waals surface area contributed by atoms with Crippen LogP contribution in [-0.2, 0) is 4.74 Å². The largest absolute Gasteiger partial charge is 0.464 e. The number of halogens is 2. The summed E-state index contributed by atoms with van der Waals surface area (Å²) >= 11 is 9.68. The Bertz CT molecular complexity index is 754. The van der Waals surface area contributed by atoms with Gasteiger partial charge >= 0.3 is 5.97 Å². The zero-order valence-electron chi connectivity index (χ0n) is 11.3. The van der Waals surface area contributed by atoms with Crippen LogP contribution >= 0.6 is 27.5 Å². The molecule has 7 heteroatoms. The molecule has 5 nitrogen and oxygen atoms in total. The van der Waals surface area contributed by atoms with Gasteiger partial charge in [0.25, 0.3) is 0 Å². The zero-order chi connectivity index (χ0) is 15.7. The zero-order valence-corrected chi connectivity index (χ0v) is 13.6. The molecule has 0 saturated carbocycles. The summed E-state index contributed by atoms with van der Waals surface area (Å²) in [6, 6.07) is 5.55. The Kier molecular flexibility index (Phi) is 4.26. The number of anilines is 1. The average molecular weight is 369 g/mol. The molecule has 0 fully saturated rings. The lowest BCUT2D eigenvalue weighted by molar-refractivity contribution is 0.0593. The summed E-state index contributed by atoms with van der Waals surface area (Å²) in [5, 5.41) is 9.52. The predicted molar refractivity (Wildman–Crippen MR) is 83.7 cm³/mol. The Morgan fingerprint density at radius 3 is 2.71 bits per heavy atom. The number of methoxy groups -OCH3 is 1. The third kappa shape index (κ3) is 2.62. The number of benzene rings is 1. The topological polar surface area (TPSA) is 81.0 Å². The molecule has 108 valence electrons. The lowest BCUT2D eigenvalue weighted by Crippen LogP contribution is -2.11. The van der Waals surface area contributed by atoms with Crippen LogP contribution in [0.2, 0.25) is 5.02 Å². The van der Waals surface area contributed by atoms with Crippen molar-refractivity contribution >= 4 is 39.2 Å². The number of rotatable bonds is 2. The van der Waals surface area contributed by atoms with Gasteiger partial charge in [0.1, 0.15) is 6.07 Å². The monoisotopic (exact) mass is 367 g/mol. The van der Waals surface area contributed by atoms with Crippen molar-refractivity contribution in [1.29, 1.82) is 5.26 Å². The van der Waals surface area contributed by atoms with Crippen molar-refractivity contribution in [2.24, 2.45) is 0 Å². The molecule has 1 aromatic carbocycles. The molecule has 2 rings (SSSR count). The van der Waals surface area contributed by atoms with Crippen LogP contribution in [0.5, 0.6) is 0 Å². The first-order chi connectivity index (χ1) is 9.90. The van der Waals surface area contributed by atoms with E-state index >= 15 is 0 Å². The molecule has 21 heavy (non-hydrogen) atoms. The minimum absolute atomic E-state index is 0.0629. The van der Waals surface area contributed by atoms with Crippen molar-refractivity contribution in [3.63, 3.8) is 0 Å². The number of nitrogens with two attached hydrogens (primary N) is 1. The maximum Gasteiger partial charge on any atom is 0.357 e. The van der Waals surface area contributed by atoms with E-state index in [0.29, 0.717) is 15.2 Å². The van der Waals surface area contributed by atoms with E-state index in [4.69, 9.17) is 27.3 Å². The van der Waals surface area contributed by atoms with Gasteiger partial charge in [-0.3, -0.25) is 0 Å². The van der Waals surface area contributed by atoms with E-state index in [-0.39, 0.29) is 16.9 Å². The van der Waals surface area contributed by atoms with E-state index in [9.17, 15) is 4.79 Å². The first kappa shape index (κ1) is 15.4. The Morgan fingerprint density at radius 2 is 2.19 bits per heavy atom. The van der Waals surface area contributed by atoms with Gasteiger partial charge < -0.3 is 15.0 Å². The predicted octanol–water partition coefficient (Wildman–Crippen LogP) is 3.44. The van der Waals surface area contributed by atoms with Gasteiger partial charge in [0, 0.05) is 10.7 Å². The molecule has 2 aromatic rings. The van der Waals surface area contributed by atoms with Crippen molar-refractivity contribution in [2.75, 3.05) is 12.8 Å². The van der Waals surface area contributed by atoms with E-state index in [2.05, 4.69) is 15.9 Å². The van der Waals surface area contributed by atoms with Gasteiger partial charge in [0.2, 0.25) is 0 Å². The number of aromatic nitrogens is 1. The van der Waals surface area contributed by atoms with Gasteiger partial charge in [-0.05, 0) is 40.5 Å². The molecule has 0 radical (unpaired) electrons. The molecule has 0 amide bonds. The number of nitrogens with zero attached hydrogens (tertiary/aromatic N) is 2. The molecule has 0 aliphatic carbocycles. The molecule has 0 bridgehead atoms. The van der Waals surface area contributed by atoms with Gasteiger partial charge in [-0.1, -0.05) is 11.6 Å². The highest BCUT2D eigenvalue weighted by Gasteiger charge is 2.24. The third-order valence-corrected chi connectivity index (χ3v) is 3.84. The molecule has 0 aliphatic heterocycles. The van der Waals surface area contributed by atoms with E-state index in [0.717, 1.165) is 5.56 Å². The smallest absolute Gasteiger partial charge is 0.357 e. The van der Waals surface area contributed by atoms with Crippen molar-refractivity contribution < 1.29 is 9.53 Å². The maximum atomic E-state index is 12.0. The van der Waals surface area contributed by atoms with E-state index in [1.807, 2.05) is 19.1 Å². The maximum absolute atomic E-state index is 12.0. The van der Waals surface area contributed by atoms with Crippen LogP contribution in [0.1, 0.15) is 21.6 Å². The van der Waals surface area contributed by atoms with Crippen molar-refractivity contribution in [2.45, 2.75) is 6.92 Å². The summed E-state index contributed by atoms with van der Waals surface area (Å²) in [7, 11) is 1.25. The quantitative estimate of drug-likeness (QED) is 0.823. The molecular formula is C14H11BrClN3O2. The number of aryl methyl sites for hydroxylation is 1. The van der Waals surface area contributed by atoms with Crippen molar-refractivity contribution in [1.82, 2.24) is 4.57 Å². The van der Waals surface area contributed by atoms with Crippen LogP contribution in [0.4, 0.5) is 5.69 Å². The number of nitriles is 1. The fourth-order valence-corrected chi connectivity index (χ4v) is 3.26. The molecule has 1 aromatic heterocycles. The van der Waals surface area contributed by atoms with Crippen LogP contribution < -0.4 is 5.73 Å². The summed E-state index contributed by atoms with van der Waals surface area (Å²) < 4.78 is 6.87. The second-order valence-electron chi connectivity index (χ2n) is 4.36. The number of nitrogen functional groups attached to an aromatic ring is 1. The Hall–Kier alpha value is -1.97. The minimum atomic E-state index is -0.641. The Labute approximate surface area is 135 Å². The van der Waals surface area contributed by atoms with E-state index in [1.54, 1.807) is 6.07 Å². The fourth-order valence-electron chi connectivity index (χ4n) is 2.01. The fraction of sp³-hybridized carbons (Fsp3) is 0.143. The summed E-state index contributed by atoms with van der Waals surface area (Å²) in [5.74, 6) is -0.641. The first-order valence-electron chi connectivity index (χ1n) is 5.86. The highest BCUT2D eigenvalue weighted by molar-refractivity contribution is 9.10.